The maximum Gasteiger partial charge on any atom is 0.267 e. The molecule has 1 amide bonds. The van der Waals surface area contributed by atoms with Crippen LogP contribution >= 0.6 is 0 Å². The molecule has 0 unspecified atom stereocenters. The van der Waals surface area contributed by atoms with Crippen LogP contribution in [0.1, 0.15) is 194 Å². The molecule has 0 radical (unpaired) electrons. The summed E-state index contributed by atoms with van der Waals surface area (Å²) in [5, 5.41) is 2.21. The maximum absolute atomic E-state index is 13.4. The van der Waals surface area contributed by atoms with Crippen LogP contribution in [-0.2, 0) is 9.53 Å². The van der Waals surface area contributed by atoms with E-state index in [2.05, 4.69) is 50.2 Å². The van der Waals surface area contributed by atoms with E-state index in [1.165, 1.54) is 161 Å². The van der Waals surface area contributed by atoms with Gasteiger partial charge in [-0.05, 0) is 64.2 Å². The molecular formula is C41H79ClN2O2. The van der Waals surface area contributed by atoms with Crippen LogP contribution in [0.2, 0.25) is 0 Å². The summed E-state index contributed by atoms with van der Waals surface area (Å²) in [6.07, 6.45) is 45.7. The number of quaternary nitrogens is 1. The molecule has 1 aliphatic heterocycles. The van der Waals surface area contributed by atoms with Gasteiger partial charge in [0.15, 0.2) is 0 Å². The summed E-state index contributed by atoms with van der Waals surface area (Å²) < 4.78 is 6.40. The molecule has 4 nitrogen and oxygen atoms in total. The van der Waals surface area contributed by atoms with Crippen molar-refractivity contribution < 1.29 is 26.5 Å². The van der Waals surface area contributed by atoms with Gasteiger partial charge in [0, 0.05) is 6.42 Å². The molecule has 0 saturated carbocycles. The first kappa shape index (κ1) is 45.2. The van der Waals surface area contributed by atoms with E-state index in [4.69, 9.17) is 4.74 Å². The molecule has 0 atom stereocenters. The summed E-state index contributed by atoms with van der Waals surface area (Å²) in [6, 6.07) is 0. The zero-order valence-corrected chi connectivity index (χ0v) is 32.0. The number of allylic oxidation sites excluding steroid dienone is 4. The number of carbonyl (C=O) groups excluding carboxylic acids is 1. The number of rotatable bonds is 32. The van der Waals surface area contributed by atoms with Crippen LogP contribution in [0.4, 0.5) is 0 Å². The highest BCUT2D eigenvalue weighted by Crippen LogP contribution is 2.19. The van der Waals surface area contributed by atoms with Gasteiger partial charge in [-0.2, -0.15) is 5.01 Å². The van der Waals surface area contributed by atoms with Gasteiger partial charge in [0.2, 0.25) is 0 Å². The number of likely N-dealkylation sites (N-methyl/N-ethyl adjacent to an activating group) is 1. The number of unbranched alkanes of at least 4 members (excludes halogenated alkanes) is 23. The van der Waals surface area contributed by atoms with Crippen LogP contribution < -0.4 is 12.4 Å². The van der Waals surface area contributed by atoms with Crippen molar-refractivity contribution in [3.63, 3.8) is 0 Å². The predicted molar refractivity (Wildman–Crippen MR) is 197 cm³/mol. The van der Waals surface area contributed by atoms with Gasteiger partial charge in [-0.25, -0.2) is 4.59 Å². The summed E-state index contributed by atoms with van der Waals surface area (Å²) in [7, 11) is 2.25. The van der Waals surface area contributed by atoms with Gasteiger partial charge in [0.05, 0.1) is 26.8 Å². The lowest BCUT2D eigenvalue weighted by Gasteiger charge is -2.44. The molecule has 0 aromatic heterocycles. The van der Waals surface area contributed by atoms with Crippen molar-refractivity contribution in [2.75, 3.05) is 39.9 Å². The van der Waals surface area contributed by atoms with Crippen LogP contribution in [0.5, 0.6) is 0 Å². The zero-order chi connectivity index (χ0) is 32.5. The number of hydrogen-bond donors (Lipinski definition) is 0. The van der Waals surface area contributed by atoms with Gasteiger partial charge in [-0.15, -0.1) is 0 Å². The van der Waals surface area contributed by atoms with Gasteiger partial charge in [0.25, 0.3) is 5.91 Å². The average Bonchev–Trinajstić information content (AvgIpc) is 3.04. The first-order valence-corrected chi connectivity index (χ1v) is 20.2. The first-order valence-electron chi connectivity index (χ1n) is 20.2. The Balaban J connectivity index is 0.0000202. The van der Waals surface area contributed by atoms with Crippen LogP contribution in [0.15, 0.2) is 24.3 Å². The van der Waals surface area contributed by atoms with Crippen molar-refractivity contribution in [3.8, 4) is 0 Å². The first-order chi connectivity index (χ1) is 22.1. The molecule has 0 aromatic rings. The predicted octanol–water partition coefficient (Wildman–Crippen LogP) is 9.29. The van der Waals surface area contributed by atoms with E-state index in [1.807, 2.05) is 0 Å². The standard InChI is InChI=1S/C41H79N2O2.ClH/c1-4-6-8-10-12-14-16-18-20-22-24-26-28-30-32-34-36-42(43(3)37-39-45-40-38-43)41(44)35-33-31-29-27-25-23-21-19-17-15-13-11-9-7-5-2;/h18-21H,4-17,22-40H2,1-3H3;1H/q+1;/p-1/b20-18+,21-19+;. The molecule has 0 aromatic carbocycles. The number of carbonyl (C=O) groups is 1. The van der Waals surface area contributed by atoms with Crippen molar-refractivity contribution in [2.45, 2.75) is 194 Å². The van der Waals surface area contributed by atoms with Crippen molar-refractivity contribution in [3.05, 3.63) is 24.3 Å². The Morgan fingerprint density at radius 1 is 0.543 bits per heavy atom. The molecule has 1 fully saturated rings. The second kappa shape index (κ2) is 34.0. The summed E-state index contributed by atoms with van der Waals surface area (Å²) >= 11 is 0. The van der Waals surface area contributed by atoms with Crippen LogP contribution in [0.3, 0.4) is 0 Å². The smallest absolute Gasteiger partial charge is 0.267 e. The Morgan fingerprint density at radius 2 is 0.891 bits per heavy atom. The third-order valence-electron chi connectivity index (χ3n) is 9.84. The Bertz CT molecular complexity index is 705. The Labute approximate surface area is 294 Å². The normalized spacial score (nSPS) is 14.7. The molecule has 46 heavy (non-hydrogen) atoms. The second-order valence-corrected chi connectivity index (χ2v) is 14.2. The fourth-order valence-electron chi connectivity index (χ4n) is 6.60. The van der Waals surface area contributed by atoms with Gasteiger partial charge in [0.1, 0.15) is 13.1 Å². The second-order valence-electron chi connectivity index (χ2n) is 14.2. The Kier molecular flexibility index (Phi) is 33.4. The molecule has 0 bridgehead atoms. The minimum atomic E-state index is 0. The van der Waals surface area contributed by atoms with Gasteiger partial charge in [-0.3, -0.25) is 4.79 Å². The third kappa shape index (κ3) is 26.2. The van der Waals surface area contributed by atoms with Crippen LogP contribution in [0, 0.1) is 0 Å². The molecule has 5 heteroatoms. The van der Waals surface area contributed by atoms with Crippen molar-refractivity contribution in [2.24, 2.45) is 0 Å². The summed E-state index contributed by atoms with van der Waals surface area (Å²) in [6.45, 7) is 8.85. The molecule has 0 spiro atoms. The fraction of sp³-hybridized carbons (Fsp3) is 0.878. The minimum Gasteiger partial charge on any atom is -1.00 e. The molecule has 0 N–H and O–H groups in total. The third-order valence-corrected chi connectivity index (χ3v) is 9.84. The molecule has 0 aliphatic carbocycles. The zero-order valence-electron chi connectivity index (χ0n) is 31.2. The quantitative estimate of drug-likeness (QED) is 0.0407. The summed E-state index contributed by atoms with van der Waals surface area (Å²) in [5.74, 6) is 0.366. The summed E-state index contributed by atoms with van der Waals surface area (Å²) in [4.78, 5) is 13.4. The SMILES string of the molecule is CCCCCCCC/C=C/CCCCCCCCN(C(=O)CCCCCCC/C=C/CCCCCCCC)[N+]1(C)CCOCC1.[Cl-]. The van der Waals surface area contributed by atoms with Gasteiger partial charge < -0.3 is 17.1 Å². The Morgan fingerprint density at radius 3 is 1.30 bits per heavy atom. The number of hydrogen-bond acceptors (Lipinski definition) is 2. The lowest BCUT2D eigenvalue weighted by Crippen LogP contribution is -3.00. The maximum atomic E-state index is 13.4. The number of nitrogens with zero attached hydrogens (tertiary/aromatic N) is 2. The van der Waals surface area contributed by atoms with E-state index in [0.29, 0.717) is 12.3 Å². The Hall–Kier alpha value is -0.840. The molecule has 1 aliphatic rings. The number of halogens is 1. The molecule has 1 saturated heterocycles. The van der Waals surface area contributed by atoms with E-state index < -0.39 is 0 Å². The van der Waals surface area contributed by atoms with Gasteiger partial charge in [-0.1, -0.05) is 147 Å². The van der Waals surface area contributed by atoms with E-state index in [-0.39, 0.29) is 12.4 Å². The monoisotopic (exact) mass is 667 g/mol. The van der Waals surface area contributed by atoms with Crippen molar-refractivity contribution >= 4 is 5.91 Å². The summed E-state index contributed by atoms with van der Waals surface area (Å²) in [5.41, 5.74) is 0. The minimum absolute atomic E-state index is 0. The molecule has 272 valence electrons. The van der Waals surface area contributed by atoms with E-state index in [1.54, 1.807) is 0 Å². The van der Waals surface area contributed by atoms with E-state index in [0.717, 1.165) is 50.3 Å². The van der Waals surface area contributed by atoms with E-state index >= 15 is 0 Å². The lowest BCUT2D eigenvalue weighted by atomic mass is 10.1. The topological polar surface area (TPSA) is 29.5 Å². The highest BCUT2D eigenvalue weighted by Gasteiger charge is 2.36. The fourth-order valence-corrected chi connectivity index (χ4v) is 6.60. The molecule has 1 rings (SSSR count). The van der Waals surface area contributed by atoms with E-state index in [9.17, 15) is 4.79 Å². The largest absolute Gasteiger partial charge is 1.00 e. The van der Waals surface area contributed by atoms with Crippen molar-refractivity contribution in [1.82, 2.24) is 5.01 Å². The highest BCUT2D eigenvalue weighted by molar-refractivity contribution is 5.74. The molecule has 1 heterocycles. The molecular weight excluding hydrogens is 588 g/mol. The highest BCUT2D eigenvalue weighted by atomic mass is 35.5. The number of morpholine rings is 1. The van der Waals surface area contributed by atoms with Crippen molar-refractivity contribution in [1.29, 1.82) is 0 Å². The average molecular weight is 668 g/mol. The van der Waals surface area contributed by atoms with Crippen LogP contribution in [-0.4, -0.2) is 55.4 Å². The van der Waals surface area contributed by atoms with Crippen LogP contribution in [0.25, 0.3) is 0 Å². The number of amides is 1. The number of ether oxygens (including phenoxy) is 1. The lowest BCUT2D eigenvalue weighted by molar-refractivity contribution is -1.01. The van der Waals surface area contributed by atoms with Gasteiger partial charge >= 0.3 is 0 Å².